The summed E-state index contributed by atoms with van der Waals surface area (Å²) in [5.41, 5.74) is 10.1. The molecule has 6 N–H and O–H groups in total. The third kappa shape index (κ3) is 15.5. The van der Waals surface area contributed by atoms with E-state index in [2.05, 4.69) is 59.8 Å². The summed E-state index contributed by atoms with van der Waals surface area (Å²) in [5, 5.41) is 3.77. The highest BCUT2D eigenvalue weighted by Crippen LogP contribution is 2.38. The number of carbonyl (C=O) groups is 6. The molecule has 18 heterocycles. The summed E-state index contributed by atoms with van der Waals surface area (Å²) in [7, 11) is 3.82. The Morgan fingerprint density at radius 3 is 0.826 bits per heavy atom. The van der Waals surface area contributed by atoms with Crippen molar-refractivity contribution in [3.8, 4) is 0 Å². The Hall–Kier alpha value is -15.4. The van der Waals surface area contributed by atoms with Crippen LogP contribution in [-0.4, -0.2) is 191 Å². The van der Waals surface area contributed by atoms with Crippen LogP contribution in [0.2, 0.25) is 0 Å². The lowest BCUT2D eigenvalue weighted by Crippen LogP contribution is -2.37. The highest BCUT2D eigenvalue weighted by Gasteiger charge is 2.38. The van der Waals surface area contributed by atoms with Gasteiger partial charge in [0.1, 0.15) is 5.48 Å². The molecule has 0 aliphatic carbocycles. The van der Waals surface area contributed by atoms with Gasteiger partial charge in [0.25, 0.3) is 35.4 Å². The molecule has 0 spiro atoms. The van der Waals surface area contributed by atoms with Crippen LogP contribution in [0.15, 0.2) is 183 Å². The molecule has 672 valence electrons. The molecule has 12 aromatic heterocycles. The minimum Gasteiger partial charge on any atom is -0.348 e. The summed E-state index contributed by atoms with van der Waals surface area (Å²) in [4.78, 5) is 126. The van der Waals surface area contributed by atoms with Crippen molar-refractivity contribution in [1.82, 2.24) is 117 Å². The normalized spacial score (nSPS) is 19.5. The number of aryl methyl sites for hydroxylation is 12. The van der Waals surface area contributed by atoms with E-state index in [1.807, 2.05) is 90.8 Å². The molecule has 30 nitrogen and oxygen atoms in total. The Labute approximate surface area is 810 Å². The molecular formula is C102H108N24O6. The van der Waals surface area contributed by atoms with E-state index in [0.29, 0.717) is 134 Å². The molecule has 0 bridgehead atoms. The zero-order valence-electron chi connectivity index (χ0n) is 106. The number of nitrogens with one attached hydrogen (secondary N) is 6. The molecule has 24 rings (SSSR count). The molecule has 6 aromatic carbocycles. The summed E-state index contributed by atoms with van der Waals surface area (Å²) in [6.45, 7) is -22.1. The molecule has 0 radical (unpaired) electrons. The average molecular weight is 1800 g/mol. The van der Waals surface area contributed by atoms with Gasteiger partial charge in [0.15, 0.2) is 0 Å². The second-order valence-electron chi connectivity index (χ2n) is 32.2. The van der Waals surface area contributed by atoms with Gasteiger partial charge in [-0.15, -0.1) is 0 Å². The number of benzene rings is 6. The molecule has 6 aliphatic heterocycles. The molecule has 0 saturated carbocycles. The topological polar surface area (TPSA) is 324 Å². The van der Waals surface area contributed by atoms with Crippen LogP contribution in [0, 0.1) is 41.3 Å². The highest BCUT2D eigenvalue weighted by molar-refractivity contribution is 6.14. The van der Waals surface area contributed by atoms with E-state index in [9.17, 15) is 28.8 Å². The predicted molar refractivity (Wildman–Crippen MR) is 508 cm³/mol. The first kappa shape index (κ1) is 54.8. The van der Waals surface area contributed by atoms with Gasteiger partial charge in [-0.05, 0) is 77.7 Å². The molecular weight excluding hydrogens is 1660 g/mol. The van der Waals surface area contributed by atoms with E-state index in [-0.39, 0.29) is 128 Å². The Kier molecular flexibility index (Phi) is 14.8. The van der Waals surface area contributed by atoms with Gasteiger partial charge < -0.3 is 86.7 Å². The minimum atomic E-state index is -2.77. The molecule has 0 unspecified atom stereocenters. The number of carbonyl (C=O) groups excluding carboxylic acids is 6. The van der Waals surface area contributed by atoms with Crippen LogP contribution in [0.3, 0.4) is 0 Å². The van der Waals surface area contributed by atoms with E-state index in [1.165, 1.54) is 24.9 Å². The van der Waals surface area contributed by atoms with Crippen LogP contribution in [0.4, 0.5) is 0 Å². The number of hydrogen-bond acceptors (Lipinski definition) is 12. The van der Waals surface area contributed by atoms with Crippen molar-refractivity contribution >= 4 is 101 Å². The van der Waals surface area contributed by atoms with Gasteiger partial charge in [0.2, 0.25) is 0 Å². The lowest BCUT2D eigenvalue weighted by atomic mass is 10.0. The quantitative estimate of drug-likeness (QED) is 0.0665. The molecule has 18 aromatic rings. The van der Waals surface area contributed by atoms with Gasteiger partial charge in [-0.3, -0.25) is 28.8 Å². The number of hydrogen-bond donors (Lipinski definition) is 6. The van der Waals surface area contributed by atoms with Crippen molar-refractivity contribution in [1.29, 1.82) is 0 Å². The number of fused-ring (bicyclic) bond motifs is 18. The van der Waals surface area contributed by atoms with Gasteiger partial charge in [-0.25, -0.2) is 29.9 Å². The Balaban J connectivity index is 0.000000123. The van der Waals surface area contributed by atoms with E-state index in [1.54, 1.807) is 108 Å². The van der Waals surface area contributed by atoms with Crippen molar-refractivity contribution in [3.05, 3.63) is 319 Å². The monoisotopic (exact) mass is 1800 g/mol. The molecule has 0 atom stereocenters. The van der Waals surface area contributed by atoms with Crippen LogP contribution < -0.4 is 0 Å². The first-order valence-electron chi connectivity index (χ1n) is 59.3. The maximum atomic E-state index is 13.4. The number of aromatic amines is 6. The zero-order valence-corrected chi connectivity index (χ0v) is 71.6. The van der Waals surface area contributed by atoms with Gasteiger partial charge in [0, 0.05) is 281 Å². The Bertz CT molecular complexity index is 9090. The number of imidazole rings is 6. The van der Waals surface area contributed by atoms with Crippen molar-refractivity contribution in [2.24, 2.45) is 42.0 Å². The molecule has 6 amide bonds. The lowest BCUT2D eigenvalue weighted by molar-refractivity contribution is 0.0718. The third-order valence-electron chi connectivity index (χ3n) is 24.8. The number of para-hydroxylation sites is 6. The fourth-order valence-corrected chi connectivity index (χ4v) is 18.1. The Morgan fingerprint density at radius 1 is 0.295 bits per heavy atom. The zero-order chi connectivity index (χ0) is 120. The van der Waals surface area contributed by atoms with Gasteiger partial charge in [0.05, 0.1) is 158 Å². The van der Waals surface area contributed by atoms with E-state index in [0.717, 1.165) is 63.8 Å². The summed E-state index contributed by atoms with van der Waals surface area (Å²) < 4.78 is 276. The highest BCUT2D eigenvalue weighted by atomic mass is 16.2. The summed E-state index contributed by atoms with van der Waals surface area (Å²) in [6.07, 6.45) is 3.77. The number of H-pyrrole nitrogens is 6. The van der Waals surface area contributed by atoms with Crippen molar-refractivity contribution < 1.29 is 75.4 Å². The number of nitrogens with zero attached hydrogens (tertiary/aromatic N) is 18. The maximum absolute atomic E-state index is 13.4. The second-order valence-corrected chi connectivity index (χ2v) is 32.2. The van der Waals surface area contributed by atoms with Crippen LogP contribution in [0.5, 0.6) is 0 Å². The van der Waals surface area contributed by atoms with Gasteiger partial charge in [-0.2, -0.15) is 0 Å². The van der Waals surface area contributed by atoms with E-state index < -0.39 is 128 Å². The smallest absolute Gasteiger partial charge is 0.256 e. The number of rotatable bonds is 12. The average Bonchev–Trinajstić information content (AvgIpc) is 1.14. The van der Waals surface area contributed by atoms with Crippen molar-refractivity contribution in [2.45, 2.75) is 119 Å². The number of aromatic nitrogens is 18. The number of amides is 6. The van der Waals surface area contributed by atoms with Crippen LogP contribution in [0.25, 0.3) is 65.4 Å². The van der Waals surface area contributed by atoms with Crippen LogP contribution in [-0.2, 0) is 120 Å². The standard InChI is InChI=1S/6C17H18N4O/c6*1-11-13(19-10-18-11)9-21-8-7-15-16(17(21)22)12-5-3-4-6-14(12)20(15)2/h6*3-6,10H,7-9H2,1-2H3,(H,18,19)/i1D3,2D3,9D2,10D;1D3,9D2,10D;1D3,2D3,10D;2D3,9D2;1D3,10D;2D3. The SMILES string of the molecule is [2H]C([2H])([2H])n1c2c(c3ccccc31)C(=O)N(Cc1nc[nH]c1C)CC2.[2H]C([2H])(c1[nH]cnc1C)N1CCc2c(c3ccccc3n2C([2H])([2H])[2H])C1=O.[2H]c1nc(C([2H])([2H])N2CCc3c(c4ccccc4n3C([2H])([2H])[2H])C2=O)c(C([2H])([2H])[2H])[nH]1.[2H]c1nc(C([2H])([2H])N2CCc3c(c4ccccc4n3C)C2=O)c(C([2H])([2H])[2H])[nH]1.[2H]c1nc(CN2CCc3c(c4ccccc4n3C([2H])([2H])[2H])C2=O)c(C([2H])([2H])[2H])[nH]1.[2H]c1nc(CN2CCc3c(c4ccccc4n3C)C2=O)c(C([2H])([2H])[2H])[nH]1. The summed E-state index contributed by atoms with van der Waals surface area (Å²) >= 11 is 0. The first-order chi connectivity index (χ1) is 77.5. The molecule has 0 fully saturated rings. The molecule has 132 heavy (non-hydrogen) atoms. The van der Waals surface area contributed by atoms with Gasteiger partial charge in [-0.1, -0.05) is 109 Å². The fourth-order valence-electron chi connectivity index (χ4n) is 18.1. The van der Waals surface area contributed by atoms with Gasteiger partial charge >= 0.3 is 0 Å². The fraction of sp³-hybridized carbons (Fsp3) is 0.294. The predicted octanol–water partition coefficient (Wildman–Crippen LogP) is 14.4. The summed E-state index contributed by atoms with van der Waals surface area (Å²) in [6, 6.07) is 42.5. The van der Waals surface area contributed by atoms with Crippen molar-refractivity contribution in [2.75, 3.05) is 39.3 Å². The van der Waals surface area contributed by atoms with Crippen molar-refractivity contribution in [3.63, 3.8) is 0 Å². The molecule has 30 heteroatoms. The molecule has 6 aliphatic rings. The lowest BCUT2D eigenvalue weighted by Gasteiger charge is -2.27. The van der Waals surface area contributed by atoms with E-state index >= 15 is 0 Å². The second kappa shape index (κ2) is 35.6. The van der Waals surface area contributed by atoms with E-state index in [4.69, 9.17) is 46.6 Å². The largest absolute Gasteiger partial charge is 0.348 e. The minimum absolute atomic E-state index is 0.0505. The Morgan fingerprint density at radius 2 is 0.545 bits per heavy atom. The van der Waals surface area contributed by atoms with Crippen LogP contribution >= 0.6 is 0 Å². The third-order valence-corrected chi connectivity index (χ3v) is 24.8. The molecule has 0 saturated heterocycles. The summed E-state index contributed by atoms with van der Waals surface area (Å²) in [5.74, 6) is -2.45. The van der Waals surface area contributed by atoms with Crippen LogP contribution in [0.1, 0.15) is 211 Å². The maximum Gasteiger partial charge on any atom is 0.256 e. The first-order valence-corrected chi connectivity index (χ1v) is 42.3.